The summed E-state index contributed by atoms with van der Waals surface area (Å²) in [5, 5.41) is 3.86. The van der Waals surface area contributed by atoms with Crippen molar-refractivity contribution in [3.8, 4) is 0 Å². The molecule has 3 heteroatoms. The maximum atomic E-state index is 12.0. The van der Waals surface area contributed by atoms with E-state index < -0.39 is 0 Å². The summed E-state index contributed by atoms with van der Waals surface area (Å²) in [6.45, 7) is 10.7. The van der Waals surface area contributed by atoms with Gasteiger partial charge in [0.2, 0.25) is 5.91 Å². The predicted octanol–water partition coefficient (Wildman–Crippen LogP) is 4.60. The SMILES string of the molecule is CC(C)(C)CC(C)(C)NC(=O)CCc1ccc(Cl)cc1. The van der Waals surface area contributed by atoms with Crippen LogP contribution in [0.4, 0.5) is 0 Å². The van der Waals surface area contributed by atoms with Gasteiger partial charge in [-0.25, -0.2) is 0 Å². The summed E-state index contributed by atoms with van der Waals surface area (Å²) in [5.74, 6) is 0.106. The van der Waals surface area contributed by atoms with Gasteiger partial charge in [0, 0.05) is 17.0 Å². The molecular formula is C17H26ClNO. The van der Waals surface area contributed by atoms with E-state index >= 15 is 0 Å². The average molecular weight is 296 g/mol. The van der Waals surface area contributed by atoms with E-state index in [0.717, 1.165) is 23.4 Å². The van der Waals surface area contributed by atoms with Gasteiger partial charge in [0.25, 0.3) is 0 Å². The largest absolute Gasteiger partial charge is 0.351 e. The molecule has 2 nitrogen and oxygen atoms in total. The fraction of sp³-hybridized carbons (Fsp3) is 0.588. The lowest BCUT2D eigenvalue weighted by Gasteiger charge is -2.33. The lowest BCUT2D eigenvalue weighted by Crippen LogP contribution is -2.45. The normalized spacial score (nSPS) is 12.3. The van der Waals surface area contributed by atoms with Crippen LogP contribution in [-0.2, 0) is 11.2 Å². The second-order valence-corrected chi connectivity index (χ2v) is 7.73. The smallest absolute Gasteiger partial charge is 0.220 e. The topological polar surface area (TPSA) is 29.1 Å². The van der Waals surface area contributed by atoms with E-state index in [-0.39, 0.29) is 16.9 Å². The third kappa shape index (κ3) is 6.95. The van der Waals surface area contributed by atoms with E-state index in [4.69, 9.17) is 11.6 Å². The second-order valence-electron chi connectivity index (χ2n) is 7.30. The van der Waals surface area contributed by atoms with E-state index in [1.54, 1.807) is 0 Å². The molecule has 0 bridgehead atoms. The van der Waals surface area contributed by atoms with Gasteiger partial charge in [0.05, 0.1) is 0 Å². The molecule has 0 unspecified atom stereocenters. The van der Waals surface area contributed by atoms with Crippen LogP contribution in [0.2, 0.25) is 5.02 Å². The number of rotatable bonds is 5. The first-order valence-electron chi connectivity index (χ1n) is 7.13. The van der Waals surface area contributed by atoms with Crippen LogP contribution < -0.4 is 5.32 Å². The van der Waals surface area contributed by atoms with Gasteiger partial charge in [0.1, 0.15) is 0 Å². The van der Waals surface area contributed by atoms with Gasteiger partial charge in [-0.2, -0.15) is 0 Å². The monoisotopic (exact) mass is 295 g/mol. The number of benzene rings is 1. The van der Waals surface area contributed by atoms with Crippen LogP contribution in [0.1, 0.15) is 53.0 Å². The summed E-state index contributed by atoms with van der Waals surface area (Å²) >= 11 is 5.84. The third-order valence-electron chi connectivity index (χ3n) is 3.00. The van der Waals surface area contributed by atoms with E-state index in [0.29, 0.717) is 6.42 Å². The minimum Gasteiger partial charge on any atom is -0.351 e. The van der Waals surface area contributed by atoms with Crippen molar-refractivity contribution in [2.24, 2.45) is 5.41 Å². The number of carbonyl (C=O) groups excluding carboxylic acids is 1. The van der Waals surface area contributed by atoms with Crippen LogP contribution >= 0.6 is 11.6 Å². The maximum absolute atomic E-state index is 12.0. The Morgan fingerprint density at radius 2 is 1.65 bits per heavy atom. The Labute approximate surface area is 127 Å². The molecule has 0 radical (unpaired) electrons. The van der Waals surface area contributed by atoms with Crippen molar-refractivity contribution in [2.45, 2.75) is 59.4 Å². The molecule has 0 aliphatic rings. The van der Waals surface area contributed by atoms with Gasteiger partial charge >= 0.3 is 0 Å². The molecule has 0 aliphatic carbocycles. The molecule has 1 N–H and O–H groups in total. The number of carbonyl (C=O) groups is 1. The minimum atomic E-state index is -0.171. The number of hydrogen-bond donors (Lipinski definition) is 1. The van der Waals surface area contributed by atoms with Gasteiger partial charge < -0.3 is 5.32 Å². The van der Waals surface area contributed by atoms with Crippen LogP contribution in [-0.4, -0.2) is 11.4 Å². The Bertz CT molecular complexity index is 443. The summed E-state index contributed by atoms with van der Waals surface area (Å²) < 4.78 is 0. The average Bonchev–Trinajstić information content (AvgIpc) is 2.24. The lowest BCUT2D eigenvalue weighted by atomic mass is 9.81. The number of nitrogens with one attached hydrogen (secondary N) is 1. The van der Waals surface area contributed by atoms with Crippen LogP contribution in [0, 0.1) is 5.41 Å². The van der Waals surface area contributed by atoms with Crippen molar-refractivity contribution in [1.29, 1.82) is 0 Å². The predicted molar refractivity (Wildman–Crippen MR) is 86.1 cm³/mol. The molecule has 0 aromatic heterocycles. The van der Waals surface area contributed by atoms with Crippen LogP contribution in [0.3, 0.4) is 0 Å². The second kappa shape index (κ2) is 6.62. The van der Waals surface area contributed by atoms with Crippen molar-refractivity contribution in [1.82, 2.24) is 5.32 Å². The molecule has 0 saturated carbocycles. The molecule has 1 amide bonds. The van der Waals surface area contributed by atoms with Crippen molar-refractivity contribution in [3.05, 3.63) is 34.9 Å². The van der Waals surface area contributed by atoms with E-state index in [1.807, 2.05) is 24.3 Å². The number of halogens is 1. The fourth-order valence-corrected chi connectivity index (χ4v) is 2.84. The molecule has 0 atom stereocenters. The van der Waals surface area contributed by atoms with Crippen molar-refractivity contribution in [2.75, 3.05) is 0 Å². The van der Waals surface area contributed by atoms with E-state index in [9.17, 15) is 4.79 Å². The molecule has 1 rings (SSSR count). The van der Waals surface area contributed by atoms with Gasteiger partial charge in [-0.05, 0) is 49.8 Å². The standard InChI is InChI=1S/C17H26ClNO/c1-16(2,3)12-17(4,5)19-15(20)11-8-13-6-9-14(18)10-7-13/h6-7,9-10H,8,11-12H2,1-5H3,(H,19,20). The number of amides is 1. The zero-order chi connectivity index (χ0) is 15.4. The van der Waals surface area contributed by atoms with Gasteiger partial charge in [0.15, 0.2) is 0 Å². The maximum Gasteiger partial charge on any atom is 0.220 e. The highest BCUT2D eigenvalue weighted by Gasteiger charge is 2.26. The first-order valence-corrected chi connectivity index (χ1v) is 7.51. The van der Waals surface area contributed by atoms with Crippen molar-refractivity contribution < 1.29 is 4.79 Å². The Morgan fingerprint density at radius 1 is 1.10 bits per heavy atom. The highest BCUT2D eigenvalue weighted by molar-refractivity contribution is 6.30. The summed E-state index contributed by atoms with van der Waals surface area (Å²) in [7, 11) is 0. The van der Waals surface area contributed by atoms with Crippen molar-refractivity contribution >= 4 is 17.5 Å². The molecule has 20 heavy (non-hydrogen) atoms. The van der Waals surface area contributed by atoms with Crippen molar-refractivity contribution in [3.63, 3.8) is 0 Å². The fourth-order valence-electron chi connectivity index (χ4n) is 2.72. The highest BCUT2D eigenvalue weighted by Crippen LogP contribution is 2.26. The Morgan fingerprint density at radius 3 is 2.15 bits per heavy atom. The highest BCUT2D eigenvalue weighted by atomic mass is 35.5. The zero-order valence-electron chi connectivity index (χ0n) is 13.2. The molecular weight excluding hydrogens is 270 g/mol. The Balaban J connectivity index is 2.45. The summed E-state index contributed by atoms with van der Waals surface area (Å²) in [4.78, 5) is 12.0. The number of hydrogen-bond acceptors (Lipinski definition) is 1. The number of aryl methyl sites for hydroxylation is 1. The lowest BCUT2D eigenvalue weighted by molar-refractivity contribution is -0.122. The first-order chi connectivity index (χ1) is 9.07. The third-order valence-corrected chi connectivity index (χ3v) is 3.26. The Hall–Kier alpha value is -1.02. The molecule has 1 aromatic rings. The molecule has 112 valence electrons. The molecule has 0 fully saturated rings. The minimum absolute atomic E-state index is 0.106. The van der Waals surface area contributed by atoms with Crippen LogP contribution in [0.5, 0.6) is 0 Å². The van der Waals surface area contributed by atoms with Gasteiger partial charge in [-0.15, -0.1) is 0 Å². The summed E-state index contributed by atoms with van der Waals surface area (Å²) in [6, 6.07) is 7.66. The van der Waals surface area contributed by atoms with E-state index in [2.05, 4.69) is 39.9 Å². The van der Waals surface area contributed by atoms with Crippen LogP contribution in [0.15, 0.2) is 24.3 Å². The van der Waals surface area contributed by atoms with Gasteiger partial charge in [-0.1, -0.05) is 44.5 Å². The Kier molecular flexibility index (Phi) is 5.64. The molecule has 0 saturated heterocycles. The quantitative estimate of drug-likeness (QED) is 0.845. The van der Waals surface area contributed by atoms with Crippen LogP contribution in [0.25, 0.3) is 0 Å². The van der Waals surface area contributed by atoms with E-state index in [1.165, 1.54) is 0 Å². The molecule has 0 heterocycles. The zero-order valence-corrected chi connectivity index (χ0v) is 14.0. The van der Waals surface area contributed by atoms with Gasteiger partial charge in [-0.3, -0.25) is 4.79 Å². The molecule has 0 spiro atoms. The molecule has 1 aromatic carbocycles. The summed E-state index contributed by atoms with van der Waals surface area (Å²) in [6.07, 6.45) is 2.20. The first kappa shape index (κ1) is 17.0. The molecule has 0 aliphatic heterocycles. The summed E-state index contributed by atoms with van der Waals surface area (Å²) in [5.41, 5.74) is 1.17.